The van der Waals surface area contributed by atoms with Crippen LogP contribution in [0, 0.1) is 11.7 Å². The van der Waals surface area contributed by atoms with Gasteiger partial charge in [0.1, 0.15) is 0 Å². The topological polar surface area (TPSA) is 49.8 Å². The molecule has 18 heavy (non-hydrogen) atoms. The average Bonchev–Trinajstić information content (AvgIpc) is 2.86. The number of imidazole rings is 1. The molecule has 1 aliphatic heterocycles. The monoisotopic (exact) mass is 261 g/mol. The summed E-state index contributed by atoms with van der Waals surface area (Å²) in [4.78, 5) is 14.4. The zero-order chi connectivity index (χ0) is 12.7. The first-order valence-electron chi connectivity index (χ1n) is 6.12. The second kappa shape index (κ2) is 4.24. The van der Waals surface area contributed by atoms with E-state index >= 15 is 0 Å². The van der Waals surface area contributed by atoms with Crippen molar-refractivity contribution < 1.29 is 4.79 Å². The zero-order valence-electron chi connectivity index (χ0n) is 10.2. The fraction of sp³-hybridized carbons (Fsp3) is 0.385. The van der Waals surface area contributed by atoms with Gasteiger partial charge in [-0.2, -0.15) is 0 Å². The molecule has 0 aliphatic carbocycles. The van der Waals surface area contributed by atoms with Crippen molar-refractivity contribution in [3.63, 3.8) is 0 Å². The molecule has 1 aromatic heterocycles. The largest absolute Gasteiger partial charge is 0.352 e. The van der Waals surface area contributed by atoms with Crippen LogP contribution in [0.25, 0.3) is 11.0 Å². The normalized spacial score (nSPS) is 19.4. The lowest BCUT2D eigenvalue weighted by molar-refractivity contribution is -0.119. The Balaban J connectivity index is 2.00. The Morgan fingerprint density at radius 1 is 1.50 bits per heavy atom. The van der Waals surface area contributed by atoms with Crippen LogP contribution in [0.2, 0.25) is 0 Å². The second-order valence-electron chi connectivity index (χ2n) is 4.86. The van der Waals surface area contributed by atoms with Gasteiger partial charge in [0, 0.05) is 19.0 Å². The van der Waals surface area contributed by atoms with Crippen molar-refractivity contribution in [3.05, 3.63) is 28.5 Å². The van der Waals surface area contributed by atoms with Crippen molar-refractivity contribution in [2.24, 2.45) is 0 Å². The third kappa shape index (κ3) is 1.95. The lowest BCUT2D eigenvalue weighted by atomic mass is 10.2. The molecule has 2 N–H and O–H groups in total. The lowest BCUT2D eigenvalue weighted by Gasteiger charge is -2.11. The highest BCUT2D eigenvalue weighted by Crippen LogP contribution is 2.18. The van der Waals surface area contributed by atoms with Crippen LogP contribution in [0.5, 0.6) is 0 Å². The molecule has 1 amide bonds. The maximum Gasteiger partial charge on any atom is 0.220 e. The number of nitrogens with one attached hydrogen (secondary N) is 2. The van der Waals surface area contributed by atoms with E-state index in [1.54, 1.807) is 0 Å². The summed E-state index contributed by atoms with van der Waals surface area (Å²) < 4.78 is 2.80. The lowest BCUT2D eigenvalue weighted by Crippen LogP contribution is -2.29. The minimum absolute atomic E-state index is 0.141. The summed E-state index contributed by atoms with van der Waals surface area (Å²) in [6, 6.07) is 6.43. The molecule has 0 radical (unpaired) electrons. The fourth-order valence-electron chi connectivity index (χ4n) is 2.48. The molecular formula is C13H15N3OS. The first-order chi connectivity index (χ1) is 8.63. The number of amides is 1. The SMILES string of the molecule is Cc1ccc2[nH]c(=S)n(CC3CCC(=O)N3)c2c1. The number of hydrogen-bond donors (Lipinski definition) is 2. The number of benzene rings is 1. The molecule has 0 spiro atoms. The number of nitrogens with zero attached hydrogens (tertiary/aromatic N) is 1. The standard InChI is InChI=1S/C13H15N3OS/c1-8-2-4-10-11(6-8)16(13(18)15-10)7-9-3-5-12(17)14-9/h2,4,6,9H,3,5,7H2,1H3,(H,14,17)(H,15,18). The number of rotatable bonds is 2. The van der Waals surface area contributed by atoms with E-state index in [0.29, 0.717) is 6.42 Å². The van der Waals surface area contributed by atoms with Gasteiger partial charge in [-0.15, -0.1) is 0 Å². The Labute approximate surface area is 110 Å². The van der Waals surface area contributed by atoms with E-state index in [2.05, 4.69) is 33.9 Å². The van der Waals surface area contributed by atoms with Gasteiger partial charge in [0.05, 0.1) is 11.0 Å². The highest BCUT2D eigenvalue weighted by molar-refractivity contribution is 7.71. The van der Waals surface area contributed by atoms with Crippen molar-refractivity contribution in [2.45, 2.75) is 32.4 Å². The highest BCUT2D eigenvalue weighted by Gasteiger charge is 2.21. The summed E-state index contributed by atoms with van der Waals surface area (Å²) in [5, 5.41) is 2.98. The molecule has 1 aromatic carbocycles. The summed E-state index contributed by atoms with van der Waals surface area (Å²) >= 11 is 5.35. The van der Waals surface area contributed by atoms with Crippen LogP contribution in [0.4, 0.5) is 0 Å². The maximum absolute atomic E-state index is 11.2. The second-order valence-corrected chi connectivity index (χ2v) is 5.25. The van der Waals surface area contributed by atoms with Crippen molar-refractivity contribution in [1.82, 2.24) is 14.9 Å². The molecule has 0 bridgehead atoms. The number of H-pyrrole nitrogens is 1. The molecule has 2 aromatic rings. The van der Waals surface area contributed by atoms with E-state index < -0.39 is 0 Å². The van der Waals surface area contributed by atoms with Crippen molar-refractivity contribution in [3.8, 4) is 0 Å². The number of fused-ring (bicyclic) bond motifs is 1. The fourth-order valence-corrected chi connectivity index (χ4v) is 2.76. The van der Waals surface area contributed by atoms with E-state index in [1.165, 1.54) is 5.56 Å². The predicted molar refractivity (Wildman–Crippen MR) is 73.0 cm³/mol. The Bertz CT molecular complexity index is 670. The molecule has 3 rings (SSSR count). The van der Waals surface area contributed by atoms with Crippen LogP contribution in [-0.2, 0) is 11.3 Å². The molecule has 1 aliphatic rings. The zero-order valence-corrected chi connectivity index (χ0v) is 11.0. The van der Waals surface area contributed by atoms with Gasteiger partial charge in [-0.25, -0.2) is 0 Å². The van der Waals surface area contributed by atoms with Crippen LogP contribution in [-0.4, -0.2) is 21.5 Å². The van der Waals surface area contributed by atoms with Crippen LogP contribution >= 0.6 is 12.2 Å². The first-order valence-corrected chi connectivity index (χ1v) is 6.53. The molecule has 2 heterocycles. The maximum atomic E-state index is 11.2. The van der Waals surface area contributed by atoms with Crippen molar-refractivity contribution >= 4 is 29.2 Å². The van der Waals surface area contributed by atoms with Gasteiger partial charge in [-0.3, -0.25) is 4.79 Å². The van der Waals surface area contributed by atoms with Gasteiger partial charge in [-0.1, -0.05) is 6.07 Å². The summed E-state index contributed by atoms with van der Waals surface area (Å²) in [5.41, 5.74) is 3.37. The van der Waals surface area contributed by atoms with E-state index in [1.807, 2.05) is 6.07 Å². The van der Waals surface area contributed by atoms with E-state index in [9.17, 15) is 4.79 Å². The third-order valence-corrected chi connectivity index (χ3v) is 3.74. The first kappa shape index (κ1) is 11.5. The Kier molecular flexibility index (Phi) is 2.70. The van der Waals surface area contributed by atoms with Crippen LogP contribution in [0.1, 0.15) is 18.4 Å². The van der Waals surface area contributed by atoms with Crippen LogP contribution in [0.15, 0.2) is 18.2 Å². The predicted octanol–water partition coefficient (Wildman–Crippen LogP) is 2.29. The molecule has 1 saturated heterocycles. The molecule has 5 heteroatoms. The number of carbonyl (C=O) groups is 1. The Morgan fingerprint density at radius 2 is 2.33 bits per heavy atom. The van der Waals surface area contributed by atoms with Crippen LogP contribution < -0.4 is 5.32 Å². The summed E-state index contributed by atoms with van der Waals surface area (Å²) in [5.74, 6) is 0.141. The van der Waals surface area contributed by atoms with Gasteiger partial charge in [0.15, 0.2) is 4.77 Å². The minimum Gasteiger partial charge on any atom is -0.352 e. The smallest absolute Gasteiger partial charge is 0.220 e. The Morgan fingerprint density at radius 3 is 3.06 bits per heavy atom. The molecule has 0 saturated carbocycles. The quantitative estimate of drug-likeness (QED) is 0.815. The summed E-state index contributed by atoms with van der Waals surface area (Å²) in [6.45, 7) is 2.81. The Hall–Kier alpha value is -1.62. The van der Waals surface area contributed by atoms with E-state index in [-0.39, 0.29) is 11.9 Å². The minimum atomic E-state index is 0.141. The van der Waals surface area contributed by atoms with Gasteiger partial charge in [0.2, 0.25) is 5.91 Å². The van der Waals surface area contributed by atoms with Crippen molar-refractivity contribution in [1.29, 1.82) is 0 Å². The van der Waals surface area contributed by atoms with E-state index in [4.69, 9.17) is 12.2 Å². The number of aromatic amines is 1. The van der Waals surface area contributed by atoms with Gasteiger partial charge < -0.3 is 14.9 Å². The average molecular weight is 261 g/mol. The van der Waals surface area contributed by atoms with Gasteiger partial charge in [-0.05, 0) is 43.3 Å². The number of carbonyl (C=O) groups excluding carboxylic acids is 1. The highest BCUT2D eigenvalue weighted by atomic mass is 32.1. The molecule has 94 valence electrons. The van der Waals surface area contributed by atoms with Crippen molar-refractivity contribution in [2.75, 3.05) is 0 Å². The molecular weight excluding hydrogens is 246 g/mol. The molecule has 4 nitrogen and oxygen atoms in total. The molecule has 1 fully saturated rings. The number of hydrogen-bond acceptors (Lipinski definition) is 2. The third-order valence-electron chi connectivity index (χ3n) is 3.42. The van der Waals surface area contributed by atoms with Gasteiger partial charge in [0.25, 0.3) is 0 Å². The summed E-state index contributed by atoms with van der Waals surface area (Å²) in [6.07, 6.45) is 1.51. The number of aryl methyl sites for hydroxylation is 1. The van der Waals surface area contributed by atoms with Gasteiger partial charge >= 0.3 is 0 Å². The molecule has 1 atom stereocenters. The van der Waals surface area contributed by atoms with E-state index in [0.717, 1.165) is 28.8 Å². The van der Waals surface area contributed by atoms with Crippen LogP contribution in [0.3, 0.4) is 0 Å². The number of aromatic nitrogens is 2. The molecule has 1 unspecified atom stereocenters. The summed E-state index contributed by atoms with van der Waals surface area (Å²) in [7, 11) is 0.